The number of benzene rings is 1. The number of ether oxygens (including phenoxy) is 3. The molecule has 2 atom stereocenters. The zero-order valence-electron chi connectivity index (χ0n) is 15.0. The minimum absolute atomic E-state index is 0.0437. The number of carboxylic acid groups (broad SMARTS) is 1. The molecule has 1 rings (SSSR count). The van der Waals surface area contributed by atoms with Crippen LogP contribution in [-0.2, 0) is 30.2 Å². The van der Waals surface area contributed by atoms with Crippen LogP contribution >= 0.6 is 0 Å². The second-order valence-electron chi connectivity index (χ2n) is 5.74. The monoisotopic (exact) mass is 353 g/mol. The van der Waals surface area contributed by atoms with E-state index < -0.39 is 11.9 Å². The number of nitrogens with zero attached hydrogens (tertiary/aromatic N) is 1. The van der Waals surface area contributed by atoms with Gasteiger partial charge in [0.15, 0.2) is 6.29 Å². The minimum Gasteiger partial charge on any atom is -0.481 e. The van der Waals surface area contributed by atoms with Crippen LogP contribution in [0.25, 0.3) is 0 Å². The van der Waals surface area contributed by atoms with E-state index in [1.54, 1.807) is 14.0 Å². The average molecular weight is 353 g/mol. The van der Waals surface area contributed by atoms with E-state index in [1.165, 1.54) is 12.0 Å². The van der Waals surface area contributed by atoms with Crippen LogP contribution in [0.2, 0.25) is 0 Å². The first-order valence-electron chi connectivity index (χ1n) is 8.16. The topological polar surface area (TPSA) is 85.3 Å². The van der Waals surface area contributed by atoms with Gasteiger partial charge in [0.25, 0.3) is 0 Å². The van der Waals surface area contributed by atoms with Crippen LogP contribution < -0.4 is 0 Å². The third-order valence-corrected chi connectivity index (χ3v) is 3.81. The number of rotatable bonds is 12. The van der Waals surface area contributed by atoms with Gasteiger partial charge >= 0.3 is 5.97 Å². The Bertz CT molecular complexity index is 522. The normalized spacial score (nSPS) is 13.2. The molecule has 0 aliphatic heterocycles. The molecule has 0 radical (unpaired) electrons. The maximum absolute atomic E-state index is 12.2. The van der Waals surface area contributed by atoms with Crippen LogP contribution in [0, 0.1) is 5.92 Å². The van der Waals surface area contributed by atoms with E-state index in [1.807, 2.05) is 30.3 Å². The van der Waals surface area contributed by atoms with Crippen LogP contribution in [0.1, 0.15) is 18.9 Å². The molecule has 0 saturated carbocycles. The Kier molecular flexibility index (Phi) is 9.76. The number of carbonyl (C=O) groups excluding carboxylic acids is 1. The Labute approximate surface area is 148 Å². The van der Waals surface area contributed by atoms with Crippen molar-refractivity contribution >= 4 is 11.9 Å². The summed E-state index contributed by atoms with van der Waals surface area (Å²) in [7, 11) is 3.16. The molecule has 7 heteroatoms. The zero-order valence-corrected chi connectivity index (χ0v) is 15.0. The number of carbonyl (C=O) groups is 2. The van der Waals surface area contributed by atoms with Crippen molar-refractivity contribution < 1.29 is 28.9 Å². The fraction of sp³-hybridized carbons (Fsp3) is 0.556. The Morgan fingerprint density at radius 2 is 1.92 bits per heavy atom. The van der Waals surface area contributed by atoms with Crippen molar-refractivity contribution in [2.45, 2.75) is 26.1 Å². The average Bonchev–Trinajstić information content (AvgIpc) is 2.61. The molecular weight excluding hydrogens is 326 g/mol. The van der Waals surface area contributed by atoms with Gasteiger partial charge in [-0.1, -0.05) is 30.3 Å². The Morgan fingerprint density at radius 1 is 1.24 bits per heavy atom. The Balaban J connectivity index is 2.36. The van der Waals surface area contributed by atoms with Gasteiger partial charge in [-0.25, -0.2) is 0 Å². The van der Waals surface area contributed by atoms with Crippen LogP contribution in [0.15, 0.2) is 30.3 Å². The van der Waals surface area contributed by atoms with Gasteiger partial charge in [0.2, 0.25) is 5.91 Å². The smallest absolute Gasteiger partial charge is 0.307 e. The summed E-state index contributed by atoms with van der Waals surface area (Å²) in [6, 6.07) is 9.30. The highest BCUT2D eigenvalue weighted by molar-refractivity contribution is 5.82. The molecule has 0 aliphatic rings. The molecular formula is C18H27NO6. The van der Waals surface area contributed by atoms with Crippen LogP contribution in [0.5, 0.6) is 0 Å². The number of hydrogen-bond donors (Lipinski definition) is 1. The number of methoxy groups -OCH3 is 1. The highest BCUT2D eigenvalue weighted by atomic mass is 16.7. The first-order chi connectivity index (χ1) is 11.9. The molecule has 1 amide bonds. The van der Waals surface area contributed by atoms with Crippen molar-refractivity contribution in [1.82, 2.24) is 4.90 Å². The summed E-state index contributed by atoms with van der Waals surface area (Å²) < 4.78 is 15.3. The van der Waals surface area contributed by atoms with E-state index >= 15 is 0 Å². The maximum atomic E-state index is 12.2. The van der Waals surface area contributed by atoms with Crippen molar-refractivity contribution in [2.75, 3.05) is 34.1 Å². The van der Waals surface area contributed by atoms with E-state index in [9.17, 15) is 14.7 Å². The fourth-order valence-corrected chi connectivity index (χ4v) is 2.11. The minimum atomic E-state index is -0.969. The summed E-state index contributed by atoms with van der Waals surface area (Å²) in [4.78, 5) is 25.1. The molecule has 0 aliphatic carbocycles. The number of aliphatic carboxylic acids is 1. The lowest BCUT2D eigenvalue weighted by Gasteiger charge is -2.20. The third-order valence-electron chi connectivity index (χ3n) is 3.81. The van der Waals surface area contributed by atoms with Crippen LogP contribution in [0.4, 0.5) is 0 Å². The molecule has 0 saturated heterocycles. The van der Waals surface area contributed by atoms with Crippen molar-refractivity contribution in [3.8, 4) is 0 Å². The van der Waals surface area contributed by atoms with Gasteiger partial charge in [-0.15, -0.1) is 0 Å². The van der Waals surface area contributed by atoms with Crippen LogP contribution in [-0.4, -0.2) is 62.3 Å². The van der Waals surface area contributed by atoms with Gasteiger partial charge in [-0.3, -0.25) is 9.59 Å². The van der Waals surface area contributed by atoms with E-state index in [0.717, 1.165) is 5.56 Å². The van der Waals surface area contributed by atoms with Gasteiger partial charge in [0.05, 0.1) is 12.5 Å². The van der Waals surface area contributed by atoms with Crippen molar-refractivity contribution in [2.24, 2.45) is 5.92 Å². The molecule has 0 aromatic heterocycles. The van der Waals surface area contributed by atoms with E-state index in [2.05, 4.69) is 0 Å². The first kappa shape index (κ1) is 21.1. The Morgan fingerprint density at radius 3 is 2.52 bits per heavy atom. The third kappa shape index (κ3) is 8.62. The summed E-state index contributed by atoms with van der Waals surface area (Å²) in [5.74, 6) is -1.94. The summed E-state index contributed by atoms with van der Waals surface area (Å²) in [6.45, 7) is 2.48. The molecule has 0 bridgehead atoms. The standard InChI is InChI=1S/C18H27NO6/c1-14(23-3)25-13-24-10-9-19(2)17(20)12-16(18(21)22)11-15-7-5-4-6-8-15/h4-8,14,16H,9-13H2,1-3H3,(H,21,22). The zero-order chi connectivity index (χ0) is 18.7. The summed E-state index contributed by atoms with van der Waals surface area (Å²) in [5, 5.41) is 9.36. The van der Waals surface area contributed by atoms with E-state index in [0.29, 0.717) is 19.6 Å². The lowest BCUT2D eigenvalue weighted by Crippen LogP contribution is -2.33. The van der Waals surface area contributed by atoms with Gasteiger partial charge in [-0.2, -0.15) is 0 Å². The quantitative estimate of drug-likeness (QED) is 0.455. The van der Waals surface area contributed by atoms with Crippen molar-refractivity contribution in [3.05, 3.63) is 35.9 Å². The SMILES string of the molecule is COC(C)OCOCCN(C)C(=O)CC(Cc1ccccc1)C(=O)O. The maximum Gasteiger partial charge on any atom is 0.307 e. The molecule has 0 fully saturated rings. The van der Waals surface area contributed by atoms with Crippen molar-refractivity contribution in [3.63, 3.8) is 0 Å². The first-order valence-corrected chi connectivity index (χ1v) is 8.16. The number of carboxylic acids is 1. The molecule has 2 unspecified atom stereocenters. The highest BCUT2D eigenvalue weighted by Gasteiger charge is 2.23. The number of hydrogen-bond acceptors (Lipinski definition) is 5. The molecule has 7 nitrogen and oxygen atoms in total. The van der Waals surface area contributed by atoms with Gasteiger partial charge in [0.1, 0.15) is 6.79 Å². The largest absolute Gasteiger partial charge is 0.481 e. The summed E-state index contributed by atoms with van der Waals surface area (Å²) in [5.41, 5.74) is 0.901. The van der Waals surface area contributed by atoms with E-state index in [4.69, 9.17) is 14.2 Å². The molecule has 1 aromatic rings. The lowest BCUT2D eigenvalue weighted by atomic mass is 9.96. The molecule has 0 spiro atoms. The number of likely N-dealkylation sites (N-methyl/N-ethyl adjacent to an activating group) is 1. The summed E-state index contributed by atoms with van der Waals surface area (Å²) >= 11 is 0. The molecule has 140 valence electrons. The number of amides is 1. The van der Waals surface area contributed by atoms with Gasteiger partial charge < -0.3 is 24.2 Å². The second kappa shape index (κ2) is 11.6. The van der Waals surface area contributed by atoms with Crippen LogP contribution in [0.3, 0.4) is 0 Å². The predicted octanol–water partition coefficient (Wildman–Crippen LogP) is 1.76. The second-order valence-corrected chi connectivity index (χ2v) is 5.74. The molecule has 1 aromatic carbocycles. The van der Waals surface area contributed by atoms with E-state index in [-0.39, 0.29) is 25.4 Å². The lowest BCUT2D eigenvalue weighted by molar-refractivity contribution is -0.175. The fourth-order valence-electron chi connectivity index (χ4n) is 2.11. The van der Waals surface area contributed by atoms with Crippen molar-refractivity contribution in [1.29, 1.82) is 0 Å². The highest BCUT2D eigenvalue weighted by Crippen LogP contribution is 2.14. The van der Waals surface area contributed by atoms with Gasteiger partial charge in [0, 0.05) is 27.1 Å². The predicted molar refractivity (Wildman–Crippen MR) is 91.9 cm³/mol. The van der Waals surface area contributed by atoms with Gasteiger partial charge in [-0.05, 0) is 18.9 Å². The Hall–Kier alpha value is -1.96. The molecule has 0 heterocycles. The molecule has 25 heavy (non-hydrogen) atoms. The summed E-state index contributed by atoms with van der Waals surface area (Å²) in [6.07, 6.45) is -0.0684. The molecule has 1 N–H and O–H groups in total.